The lowest BCUT2D eigenvalue weighted by Gasteiger charge is -2.23. The number of halogens is 1. The molecule has 44 heavy (non-hydrogen) atoms. The number of hydrogen-bond donors (Lipinski definition) is 1. The predicted octanol–water partition coefficient (Wildman–Crippen LogP) is 7.61. The highest BCUT2D eigenvalue weighted by atomic mass is 35.5. The fraction of sp³-hybridized carbons (Fsp3) is 0.273. The summed E-state index contributed by atoms with van der Waals surface area (Å²) in [6.07, 6.45) is 2.59. The molecule has 6 rings (SSSR count). The molecule has 1 fully saturated rings. The number of amides is 1. The van der Waals surface area contributed by atoms with Gasteiger partial charge >= 0.3 is 5.91 Å². The van der Waals surface area contributed by atoms with Gasteiger partial charge in [-0.15, -0.1) is 10.2 Å². The summed E-state index contributed by atoms with van der Waals surface area (Å²) in [5.74, 6) is 0.170. The Bertz CT molecular complexity index is 1740. The molecule has 1 amide bonds. The number of fused-ring (bicyclic) bond motifs is 1. The summed E-state index contributed by atoms with van der Waals surface area (Å²) >= 11 is 8.70. The fourth-order valence-electron chi connectivity index (χ4n) is 5.26. The minimum Gasteiger partial charge on any atom is -0.507 e. The van der Waals surface area contributed by atoms with Gasteiger partial charge in [0.05, 0.1) is 18.2 Å². The maximum atomic E-state index is 13.7. The van der Waals surface area contributed by atoms with E-state index in [1.54, 1.807) is 12.1 Å². The van der Waals surface area contributed by atoms with Gasteiger partial charge in [0.25, 0.3) is 5.78 Å². The molecule has 3 heterocycles. The standard InChI is InChI=1S/C33H30ClN3O5S2/c1-3-4-14-41-25-7-5-6-21(17-25)28-27(29(38)22-10-13-26-23(16-22)15-19(2)42-26)30(39)31(40)37(28)32-35-36-33(44-32)43-18-20-8-11-24(34)12-9-20/h5-13,16-17,19,28,38H,3-4,14-15,18H2,1-2H3/t19-,28+/m0/s1. The van der Waals surface area contributed by atoms with E-state index in [2.05, 4.69) is 17.1 Å². The highest BCUT2D eigenvalue weighted by molar-refractivity contribution is 8.00. The largest absolute Gasteiger partial charge is 0.507 e. The maximum Gasteiger partial charge on any atom is 0.301 e. The summed E-state index contributed by atoms with van der Waals surface area (Å²) in [5.41, 5.74) is 3.04. The number of ether oxygens (including phenoxy) is 2. The lowest BCUT2D eigenvalue weighted by Crippen LogP contribution is -2.29. The first-order valence-corrected chi connectivity index (χ1v) is 16.5. The summed E-state index contributed by atoms with van der Waals surface area (Å²) in [4.78, 5) is 28.7. The van der Waals surface area contributed by atoms with Crippen LogP contribution in [0.5, 0.6) is 11.5 Å². The van der Waals surface area contributed by atoms with Crippen molar-refractivity contribution in [1.29, 1.82) is 0 Å². The van der Waals surface area contributed by atoms with E-state index in [4.69, 9.17) is 21.1 Å². The molecule has 2 atom stereocenters. The van der Waals surface area contributed by atoms with Crippen molar-refractivity contribution in [3.05, 3.63) is 99.6 Å². The molecule has 0 spiro atoms. The van der Waals surface area contributed by atoms with Crippen LogP contribution >= 0.6 is 34.7 Å². The van der Waals surface area contributed by atoms with Gasteiger partial charge in [0.1, 0.15) is 23.4 Å². The molecular weight excluding hydrogens is 618 g/mol. The number of nitrogens with zero attached hydrogens (tertiary/aromatic N) is 3. The number of thioether (sulfide) groups is 1. The van der Waals surface area contributed by atoms with E-state index in [1.807, 2.05) is 61.5 Å². The third-order valence-electron chi connectivity index (χ3n) is 7.43. The van der Waals surface area contributed by atoms with Gasteiger partial charge in [0, 0.05) is 22.8 Å². The van der Waals surface area contributed by atoms with Crippen molar-refractivity contribution < 1.29 is 24.2 Å². The molecule has 1 saturated heterocycles. The molecule has 2 aliphatic heterocycles. The molecule has 0 unspecified atom stereocenters. The van der Waals surface area contributed by atoms with E-state index in [1.165, 1.54) is 28.0 Å². The van der Waals surface area contributed by atoms with Crippen molar-refractivity contribution in [2.24, 2.45) is 0 Å². The van der Waals surface area contributed by atoms with E-state index in [-0.39, 0.29) is 22.6 Å². The third kappa shape index (κ3) is 6.20. The van der Waals surface area contributed by atoms with E-state index in [0.29, 0.717) is 45.0 Å². The number of aliphatic hydroxyl groups is 1. The number of aliphatic hydroxyl groups excluding tert-OH is 1. The van der Waals surface area contributed by atoms with E-state index < -0.39 is 17.7 Å². The molecular formula is C33H30ClN3O5S2. The van der Waals surface area contributed by atoms with Crippen LogP contribution in [0.15, 0.2) is 76.6 Å². The maximum absolute atomic E-state index is 13.7. The number of benzene rings is 3. The van der Waals surface area contributed by atoms with Crippen LogP contribution in [-0.2, 0) is 21.8 Å². The summed E-state index contributed by atoms with van der Waals surface area (Å²) in [6, 6.07) is 19.2. The van der Waals surface area contributed by atoms with Crippen molar-refractivity contribution in [3.63, 3.8) is 0 Å². The quantitative estimate of drug-likeness (QED) is 0.0469. The van der Waals surface area contributed by atoms with Gasteiger partial charge in [0.2, 0.25) is 5.13 Å². The number of anilines is 1. The molecule has 8 nitrogen and oxygen atoms in total. The van der Waals surface area contributed by atoms with Gasteiger partial charge in [-0.25, -0.2) is 0 Å². The van der Waals surface area contributed by atoms with Crippen molar-refractivity contribution >= 4 is 57.3 Å². The fourth-order valence-corrected chi connectivity index (χ4v) is 7.21. The first kappa shape index (κ1) is 30.2. The summed E-state index contributed by atoms with van der Waals surface area (Å²) in [5, 5.41) is 21.2. The Morgan fingerprint density at radius 2 is 1.95 bits per heavy atom. The van der Waals surface area contributed by atoms with Crippen molar-refractivity contribution in [2.75, 3.05) is 11.5 Å². The number of carbonyl (C=O) groups excluding carboxylic acids is 2. The zero-order valence-corrected chi connectivity index (χ0v) is 26.5. The number of ketones is 1. The number of Topliss-reactive ketones (excluding diaryl/α,β-unsaturated/α-hetero) is 1. The lowest BCUT2D eigenvalue weighted by molar-refractivity contribution is -0.132. The molecule has 11 heteroatoms. The smallest absolute Gasteiger partial charge is 0.301 e. The zero-order valence-electron chi connectivity index (χ0n) is 24.2. The second kappa shape index (κ2) is 13.0. The molecule has 0 bridgehead atoms. The van der Waals surface area contributed by atoms with Crippen molar-refractivity contribution in [1.82, 2.24) is 10.2 Å². The number of carbonyl (C=O) groups is 2. The second-order valence-electron chi connectivity index (χ2n) is 10.7. The molecule has 3 aromatic carbocycles. The summed E-state index contributed by atoms with van der Waals surface area (Å²) < 4.78 is 12.4. The zero-order chi connectivity index (χ0) is 30.8. The lowest BCUT2D eigenvalue weighted by atomic mass is 9.94. The van der Waals surface area contributed by atoms with Crippen LogP contribution < -0.4 is 14.4 Å². The molecule has 0 saturated carbocycles. The summed E-state index contributed by atoms with van der Waals surface area (Å²) in [7, 11) is 0. The minimum absolute atomic E-state index is 0.0156. The molecule has 4 aromatic rings. The predicted molar refractivity (Wildman–Crippen MR) is 173 cm³/mol. The van der Waals surface area contributed by atoms with Gasteiger partial charge in [-0.1, -0.05) is 72.3 Å². The van der Waals surface area contributed by atoms with E-state index in [9.17, 15) is 14.7 Å². The van der Waals surface area contributed by atoms with Gasteiger partial charge in [-0.2, -0.15) is 0 Å². The molecule has 226 valence electrons. The molecule has 0 radical (unpaired) electrons. The second-order valence-corrected chi connectivity index (χ2v) is 13.3. The van der Waals surface area contributed by atoms with E-state index in [0.717, 1.165) is 29.7 Å². The average molecular weight is 648 g/mol. The normalized spacial score (nSPS) is 18.8. The Morgan fingerprint density at radius 1 is 1.14 bits per heavy atom. The number of rotatable bonds is 10. The minimum atomic E-state index is -0.935. The third-order valence-corrected chi connectivity index (χ3v) is 9.81. The number of unbranched alkanes of at least 4 members (excludes halogenated alkanes) is 1. The Kier molecular flexibility index (Phi) is 8.93. The van der Waals surface area contributed by atoms with Crippen LogP contribution in [0.1, 0.15) is 55.0 Å². The van der Waals surface area contributed by atoms with E-state index >= 15 is 0 Å². The van der Waals surface area contributed by atoms with Crippen LogP contribution in [-0.4, -0.2) is 39.7 Å². The summed E-state index contributed by atoms with van der Waals surface area (Å²) in [6.45, 7) is 4.61. The molecule has 1 aromatic heterocycles. The van der Waals surface area contributed by atoms with Gasteiger partial charge in [0.15, 0.2) is 4.34 Å². The van der Waals surface area contributed by atoms with Crippen molar-refractivity contribution in [2.45, 2.75) is 55.3 Å². The molecule has 1 N–H and O–H groups in total. The Hall–Kier alpha value is -3.86. The van der Waals surface area contributed by atoms with Gasteiger partial charge in [-0.3, -0.25) is 14.5 Å². The van der Waals surface area contributed by atoms with Crippen LogP contribution in [0, 0.1) is 0 Å². The van der Waals surface area contributed by atoms with Gasteiger partial charge < -0.3 is 14.6 Å². The number of hydrogen-bond acceptors (Lipinski definition) is 9. The van der Waals surface area contributed by atoms with Crippen LogP contribution in [0.2, 0.25) is 5.02 Å². The van der Waals surface area contributed by atoms with Crippen molar-refractivity contribution in [3.8, 4) is 11.5 Å². The van der Waals surface area contributed by atoms with Crippen LogP contribution in [0.4, 0.5) is 5.13 Å². The Morgan fingerprint density at radius 3 is 2.75 bits per heavy atom. The van der Waals surface area contributed by atoms with Crippen LogP contribution in [0.25, 0.3) is 5.76 Å². The molecule has 2 aliphatic rings. The monoisotopic (exact) mass is 647 g/mol. The highest BCUT2D eigenvalue weighted by Crippen LogP contribution is 2.45. The average Bonchev–Trinajstić information content (AvgIpc) is 3.71. The number of aromatic nitrogens is 2. The molecule has 0 aliphatic carbocycles. The van der Waals surface area contributed by atoms with Crippen LogP contribution in [0.3, 0.4) is 0 Å². The SMILES string of the molecule is CCCCOc1cccc([C@@H]2C(=C(O)c3ccc4c(c3)C[C@H](C)O4)C(=O)C(=O)N2c2nnc(SCc3ccc(Cl)cc3)s2)c1. The highest BCUT2D eigenvalue weighted by Gasteiger charge is 2.48. The topological polar surface area (TPSA) is 102 Å². The first-order valence-electron chi connectivity index (χ1n) is 14.4. The Balaban J connectivity index is 1.38. The van der Waals surface area contributed by atoms with Gasteiger partial charge in [-0.05, 0) is 72.5 Å². The first-order chi connectivity index (χ1) is 21.3. The Labute approximate surface area is 268 Å².